The van der Waals surface area contributed by atoms with Crippen molar-refractivity contribution in [3.63, 3.8) is 0 Å². The smallest absolute Gasteiger partial charge is 0.0873 e. The van der Waals surface area contributed by atoms with E-state index in [4.69, 9.17) is 4.74 Å². The maximum atomic E-state index is 6.00. The zero-order valence-electron chi connectivity index (χ0n) is 8.20. The standard InChI is InChI=1S/C13H14O/c1-9-6-7-12-10-4-2-3-5-11(10)13(8-9)14-12/h2-5,12-13H,1,6-8H2/t12-,13+/m1/s1. The van der Waals surface area contributed by atoms with Crippen LogP contribution >= 0.6 is 0 Å². The van der Waals surface area contributed by atoms with Crippen molar-refractivity contribution in [2.75, 3.05) is 0 Å². The van der Waals surface area contributed by atoms with Crippen molar-refractivity contribution in [3.05, 3.63) is 47.5 Å². The monoisotopic (exact) mass is 186 g/mol. The van der Waals surface area contributed by atoms with Gasteiger partial charge in [-0.15, -0.1) is 0 Å². The Morgan fingerprint density at radius 1 is 1.14 bits per heavy atom. The molecule has 2 heterocycles. The fourth-order valence-corrected chi connectivity index (χ4v) is 2.52. The lowest BCUT2D eigenvalue weighted by atomic mass is 9.91. The van der Waals surface area contributed by atoms with Gasteiger partial charge in [-0.3, -0.25) is 0 Å². The highest BCUT2D eigenvalue weighted by atomic mass is 16.5. The van der Waals surface area contributed by atoms with E-state index in [-0.39, 0.29) is 6.10 Å². The van der Waals surface area contributed by atoms with E-state index >= 15 is 0 Å². The first kappa shape index (κ1) is 8.25. The van der Waals surface area contributed by atoms with Crippen molar-refractivity contribution in [2.24, 2.45) is 0 Å². The minimum Gasteiger partial charge on any atom is -0.365 e. The number of ether oxygens (including phenoxy) is 1. The Labute approximate surface area is 84.4 Å². The first-order chi connectivity index (χ1) is 6.84. The van der Waals surface area contributed by atoms with Gasteiger partial charge < -0.3 is 4.74 Å². The maximum Gasteiger partial charge on any atom is 0.0873 e. The van der Waals surface area contributed by atoms with Crippen LogP contribution in [-0.2, 0) is 4.74 Å². The van der Waals surface area contributed by atoms with Gasteiger partial charge in [0.1, 0.15) is 0 Å². The van der Waals surface area contributed by atoms with Crippen molar-refractivity contribution in [1.29, 1.82) is 0 Å². The largest absolute Gasteiger partial charge is 0.365 e. The highest BCUT2D eigenvalue weighted by Gasteiger charge is 2.33. The molecule has 3 rings (SSSR count). The summed E-state index contributed by atoms with van der Waals surface area (Å²) in [5.74, 6) is 0. The summed E-state index contributed by atoms with van der Waals surface area (Å²) in [6.07, 6.45) is 3.84. The van der Waals surface area contributed by atoms with Crippen molar-refractivity contribution in [3.8, 4) is 0 Å². The number of hydrogen-bond donors (Lipinski definition) is 0. The average Bonchev–Trinajstić information content (AvgIpc) is 2.40. The molecular weight excluding hydrogens is 172 g/mol. The molecule has 2 bridgehead atoms. The summed E-state index contributed by atoms with van der Waals surface area (Å²) in [6, 6.07) is 8.60. The van der Waals surface area contributed by atoms with E-state index in [9.17, 15) is 0 Å². The van der Waals surface area contributed by atoms with Crippen LogP contribution in [-0.4, -0.2) is 0 Å². The van der Waals surface area contributed by atoms with Crippen LogP contribution in [0.4, 0.5) is 0 Å². The van der Waals surface area contributed by atoms with Gasteiger partial charge in [-0.25, -0.2) is 0 Å². The van der Waals surface area contributed by atoms with Crippen LogP contribution in [0.5, 0.6) is 0 Å². The predicted molar refractivity (Wildman–Crippen MR) is 56.0 cm³/mol. The van der Waals surface area contributed by atoms with E-state index in [1.807, 2.05) is 0 Å². The topological polar surface area (TPSA) is 9.23 Å². The number of rotatable bonds is 0. The molecule has 0 amide bonds. The first-order valence-electron chi connectivity index (χ1n) is 5.25. The van der Waals surface area contributed by atoms with Gasteiger partial charge in [0.15, 0.2) is 0 Å². The molecule has 2 aliphatic rings. The molecule has 1 fully saturated rings. The molecule has 14 heavy (non-hydrogen) atoms. The molecule has 0 unspecified atom stereocenters. The Morgan fingerprint density at radius 2 is 1.86 bits per heavy atom. The average molecular weight is 186 g/mol. The number of benzene rings is 1. The Bertz CT molecular complexity index is 381. The lowest BCUT2D eigenvalue weighted by Crippen LogP contribution is -1.96. The molecule has 2 atom stereocenters. The lowest BCUT2D eigenvalue weighted by Gasteiger charge is -2.11. The first-order valence-corrected chi connectivity index (χ1v) is 5.25. The lowest BCUT2D eigenvalue weighted by molar-refractivity contribution is 0.0173. The summed E-state index contributed by atoms with van der Waals surface area (Å²) in [5, 5.41) is 0. The van der Waals surface area contributed by atoms with Crippen molar-refractivity contribution < 1.29 is 4.74 Å². The van der Waals surface area contributed by atoms with Crippen LogP contribution in [0.2, 0.25) is 0 Å². The van der Waals surface area contributed by atoms with Gasteiger partial charge in [0.25, 0.3) is 0 Å². The Hall–Kier alpha value is -1.08. The maximum absolute atomic E-state index is 6.00. The molecule has 0 N–H and O–H groups in total. The summed E-state index contributed by atoms with van der Waals surface area (Å²) >= 11 is 0. The van der Waals surface area contributed by atoms with Crippen LogP contribution < -0.4 is 0 Å². The molecule has 2 aliphatic heterocycles. The zero-order chi connectivity index (χ0) is 9.54. The fourth-order valence-electron chi connectivity index (χ4n) is 2.52. The van der Waals surface area contributed by atoms with Crippen molar-refractivity contribution >= 4 is 0 Å². The third-order valence-corrected chi connectivity index (χ3v) is 3.25. The zero-order valence-corrected chi connectivity index (χ0v) is 8.20. The fraction of sp³-hybridized carbons (Fsp3) is 0.385. The second-order valence-corrected chi connectivity index (χ2v) is 4.24. The Balaban J connectivity index is 2.08. The van der Waals surface area contributed by atoms with Crippen molar-refractivity contribution in [2.45, 2.75) is 31.5 Å². The van der Waals surface area contributed by atoms with Gasteiger partial charge in [-0.1, -0.05) is 36.4 Å². The van der Waals surface area contributed by atoms with E-state index < -0.39 is 0 Å². The second-order valence-electron chi connectivity index (χ2n) is 4.24. The van der Waals surface area contributed by atoms with Gasteiger partial charge in [0, 0.05) is 0 Å². The normalized spacial score (nSPS) is 29.9. The molecular formula is C13H14O. The summed E-state index contributed by atoms with van der Waals surface area (Å²) in [5.41, 5.74) is 4.13. The quantitative estimate of drug-likeness (QED) is 0.563. The van der Waals surface area contributed by atoms with Crippen LogP contribution in [0.1, 0.15) is 42.6 Å². The van der Waals surface area contributed by atoms with Crippen LogP contribution in [0.15, 0.2) is 36.4 Å². The summed E-state index contributed by atoms with van der Waals surface area (Å²) in [4.78, 5) is 0. The Morgan fingerprint density at radius 3 is 2.64 bits per heavy atom. The van der Waals surface area contributed by atoms with Gasteiger partial charge in [-0.2, -0.15) is 0 Å². The van der Waals surface area contributed by atoms with Gasteiger partial charge in [0.2, 0.25) is 0 Å². The molecule has 0 saturated carbocycles. The molecule has 72 valence electrons. The van der Waals surface area contributed by atoms with Crippen LogP contribution in [0.25, 0.3) is 0 Å². The van der Waals surface area contributed by atoms with Crippen LogP contribution in [0, 0.1) is 0 Å². The summed E-state index contributed by atoms with van der Waals surface area (Å²) in [6.45, 7) is 4.09. The minimum absolute atomic E-state index is 0.284. The van der Waals surface area contributed by atoms with Crippen LogP contribution in [0.3, 0.4) is 0 Å². The molecule has 1 saturated heterocycles. The third-order valence-electron chi connectivity index (χ3n) is 3.25. The van der Waals surface area contributed by atoms with E-state index in [1.165, 1.54) is 16.7 Å². The Kier molecular flexibility index (Phi) is 1.74. The minimum atomic E-state index is 0.284. The third kappa shape index (κ3) is 1.12. The van der Waals surface area contributed by atoms with E-state index in [1.54, 1.807) is 0 Å². The molecule has 1 aromatic carbocycles. The highest BCUT2D eigenvalue weighted by Crippen LogP contribution is 2.47. The predicted octanol–water partition coefficient (Wildman–Crippen LogP) is 3.54. The summed E-state index contributed by atoms with van der Waals surface area (Å²) < 4.78 is 6.00. The molecule has 1 nitrogen and oxygen atoms in total. The molecule has 0 spiro atoms. The van der Waals surface area contributed by atoms with E-state index in [2.05, 4.69) is 30.8 Å². The highest BCUT2D eigenvalue weighted by molar-refractivity contribution is 5.36. The van der Waals surface area contributed by atoms with Gasteiger partial charge in [0.05, 0.1) is 12.2 Å². The van der Waals surface area contributed by atoms with Gasteiger partial charge >= 0.3 is 0 Å². The van der Waals surface area contributed by atoms with E-state index in [0.717, 1.165) is 19.3 Å². The number of fused-ring (bicyclic) bond motifs is 5. The number of hydrogen-bond acceptors (Lipinski definition) is 1. The van der Waals surface area contributed by atoms with Crippen molar-refractivity contribution in [1.82, 2.24) is 0 Å². The molecule has 0 aliphatic carbocycles. The summed E-state index contributed by atoms with van der Waals surface area (Å²) in [7, 11) is 0. The molecule has 1 heteroatoms. The van der Waals surface area contributed by atoms with E-state index in [0.29, 0.717) is 6.10 Å². The SMILES string of the molecule is C=C1CC[C@H]2O[C@@H](C1)c1ccccc12. The molecule has 1 aromatic rings. The van der Waals surface area contributed by atoms with Gasteiger partial charge in [-0.05, 0) is 30.4 Å². The second kappa shape index (κ2) is 2.96. The molecule has 0 aromatic heterocycles. The molecule has 0 radical (unpaired) electrons.